The highest BCUT2D eigenvalue weighted by Gasteiger charge is 2.46. The topological polar surface area (TPSA) is 142 Å². The molecule has 5 aromatic rings. The predicted octanol–water partition coefficient (Wildman–Crippen LogP) is 7.12. The summed E-state index contributed by atoms with van der Waals surface area (Å²) in [6.07, 6.45) is 3.46. The number of carbonyl (C=O) groups excluding carboxylic acids is 4. The van der Waals surface area contributed by atoms with E-state index in [1.54, 1.807) is 42.0 Å². The van der Waals surface area contributed by atoms with Gasteiger partial charge in [-0.2, -0.15) is 0 Å². The van der Waals surface area contributed by atoms with E-state index < -0.39 is 35.4 Å². The molecular weight excluding hydrogens is 892 g/mol. The number of fused-ring (bicyclic) bond motifs is 2. The third-order valence-electron chi connectivity index (χ3n) is 12.9. The van der Waals surface area contributed by atoms with Crippen molar-refractivity contribution in [2.24, 2.45) is 13.0 Å². The number of nitrogens with zero attached hydrogens (tertiary/aromatic N) is 7. The Morgan fingerprint density at radius 2 is 1.66 bits per heavy atom. The number of rotatable bonds is 13. The molecule has 0 saturated carbocycles. The van der Waals surface area contributed by atoms with Gasteiger partial charge in [0.1, 0.15) is 29.4 Å². The minimum Gasteiger partial charge on any atom is -0.457 e. The molecule has 2 fully saturated rings. The van der Waals surface area contributed by atoms with Crippen molar-refractivity contribution in [2.75, 3.05) is 47.9 Å². The number of piperidine rings is 1. The molecule has 2 aromatic heterocycles. The molecule has 4 atom stereocenters. The third kappa shape index (κ3) is 11.7. The second-order valence-electron chi connectivity index (χ2n) is 18.1. The predicted molar refractivity (Wildman–Crippen MR) is 259 cm³/mol. The number of hydrogen-bond acceptors (Lipinski definition) is 9. The number of imidazole rings is 1. The van der Waals surface area contributed by atoms with Crippen molar-refractivity contribution in [1.82, 2.24) is 39.5 Å². The zero-order valence-electron chi connectivity index (χ0n) is 39.3. The lowest BCUT2D eigenvalue weighted by Gasteiger charge is -2.50. The number of likely N-dealkylation sites (N-methyl/N-ethyl adjacent to an activating group) is 1. The Morgan fingerprint density at radius 3 is 2.36 bits per heavy atom. The molecule has 0 radical (unpaired) electrons. The van der Waals surface area contributed by atoms with Crippen molar-refractivity contribution in [3.05, 3.63) is 130 Å². The van der Waals surface area contributed by atoms with Crippen molar-refractivity contribution in [3.63, 3.8) is 0 Å². The molecule has 2 bridgehead atoms. The van der Waals surface area contributed by atoms with Gasteiger partial charge in [-0.1, -0.05) is 47.5 Å². The van der Waals surface area contributed by atoms with Gasteiger partial charge in [-0.05, 0) is 113 Å². The Hall–Kier alpha value is -5.80. The first-order valence-corrected chi connectivity index (χ1v) is 23.3. The quantitative estimate of drug-likeness (QED) is 0.131. The van der Waals surface area contributed by atoms with Crippen LogP contribution in [-0.4, -0.2) is 123 Å². The highest BCUT2D eigenvalue weighted by molar-refractivity contribution is 6.31. The standard InChI is InChI=1S/C51H60Cl2N8O6/c1-33-10-8-11-41(55-33)24-38-25-47(62)61(29-37-14-19-40(53)26-45(37)67-42-20-15-36(16-21-42)44-28-54-46(58(44)5)30-57(3)4)34(2)48(63)56-43(31-66-7)50(65)59(6)51(22-9-23-60(32-51)49(38)64)27-35-12-17-39(52)18-13-35/h8,10-21,26,28,34,38,43H,9,22-25,27,29-32H2,1-7H3,(H,56,63)/t34-,38+,43-,51+/m0/s1. The van der Waals surface area contributed by atoms with Crippen LogP contribution in [0.15, 0.2) is 91.1 Å². The van der Waals surface area contributed by atoms with Crippen LogP contribution >= 0.6 is 23.2 Å². The monoisotopic (exact) mass is 950 g/mol. The summed E-state index contributed by atoms with van der Waals surface area (Å²) in [7, 11) is 9.19. The molecule has 67 heavy (non-hydrogen) atoms. The number of hydrogen-bond donors (Lipinski definition) is 1. The lowest BCUT2D eigenvalue weighted by molar-refractivity contribution is -0.153. The van der Waals surface area contributed by atoms with Crippen molar-refractivity contribution < 1.29 is 28.7 Å². The molecule has 14 nitrogen and oxygen atoms in total. The number of ether oxygens (including phenoxy) is 2. The number of benzene rings is 3. The van der Waals surface area contributed by atoms with Crippen LogP contribution in [0.4, 0.5) is 0 Å². The van der Waals surface area contributed by atoms with Crippen LogP contribution in [0.3, 0.4) is 0 Å². The van der Waals surface area contributed by atoms with Crippen LogP contribution in [0.2, 0.25) is 10.0 Å². The van der Waals surface area contributed by atoms with Crippen molar-refractivity contribution >= 4 is 46.8 Å². The van der Waals surface area contributed by atoms with Crippen LogP contribution in [0.5, 0.6) is 11.5 Å². The maximum Gasteiger partial charge on any atom is 0.247 e. The van der Waals surface area contributed by atoms with E-state index in [4.69, 9.17) is 37.7 Å². The fraction of sp³-hybridized carbons (Fsp3) is 0.412. The molecule has 7 rings (SSSR count). The smallest absolute Gasteiger partial charge is 0.247 e. The number of carbonyl (C=O) groups is 4. The maximum absolute atomic E-state index is 15.1. The van der Waals surface area contributed by atoms with Gasteiger partial charge in [-0.25, -0.2) is 4.98 Å². The van der Waals surface area contributed by atoms with Crippen LogP contribution in [-0.2, 0) is 56.9 Å². The van der Waals surface area contributed by atoms with E-state index in [-0.39, 0.29) is 44.4 Å². The second-order valence-corrected chi connectivity index (χ2v) is 19.0. The first-order valence-electron chi connectivity index (χ1n) is 22.6. The van der Waals surface area contributed by atoms with Crippen LogP contribution < -0.4 is 10.1 Å². The van der Waals surface area contributed by atoms with E-state index in [1.807, 2.05) is 101 Å². The maximum atomic E-state index is 15.1. The van der Waals surface area contributed by atoms with Crippen molar-refractivity contribution in [1.29, 1.82) is 0 Å². The van der Waals surface area contributed by atoms with Gasteiger partial charge >= 0.3 is 0 Å². The van der Waals surface area contributed by atoms with Gasteiger partial charge in [0.25, 0.3) is 0 Å². The second kappa shape index (κ2) is 21.4. The van der Waals surface area contributed by atoms with E-state index >= 15 is 9.59 Å². The third-order valence-corrected chi connectivity index (χ3v) is 13.4. The van der Waals surface area contributed by atoms with E-state index in [0.717, 1.165) is 28.3 Å². The zero-order valence-corrected chi connectivity index (χ0v) is 40.8. The minimum atomic E-state index is -1.11. The summed E-state index contributed by atoms with van der Waals surface area (Å²) < 4.78 is 14.1. The molecule has 0 unspecified atom stereocenters. The van der Waals surface area contributed by atoms with Crippen LogP contribution in [0.25, 0.3) is 11.3 Å². The SMILES string of the molecule is COC[C@@H]1NC(=O)[C@H](C)N(Cc2ccc(Cl)cc2Oc2ccc(-c3cnc(CN(C)C)n3C)cc2)C(=O)C[C@@H](Cc2cccc(C)n2)C(=O)N2CCC[C@@](Cc3ccc(Cl)cc3)(C2)N(C)C1=O. The van der Waals surface area contributed by atoms with E-state index in [1.165, 1.54) is 12.0 Å². The summed E-state index contributed by atoms with van der Waals surface area (Å²) >= 11 is 12.9. The molecule has 4 heterocycles. The van der Waals surface area contributed by atoms with Gasteiger partial charge in [0, 0.05) is 79.7 Å². The molecule has 4 amide bonds. The van der Waals surface area contributed by atoms with Crippen LogP contribution in [0.1, 0.15) is 54.5 Å². The Labute approximate surface area is 403 Å². The number of amides is 4. The molecule has 16 heteroatoms. The van der Waals surface area contributed by atoms with E-state index in [9.17, 15) is 9.59 Å². The summed E-state index contributed by atoms with van der Waals surface area (Å²) in [5.41, 5.74) is 4.01. The molecule has 1 N–H and O–H groups in total. The molecule has 3 aromatic carbocycles. The Morgan fingerprint density at radius 1 is 0.925 bits per heavy atom. The van der Waals surface area contributed by atoms with Crippen molar-refractivity contribution in [2.45, 2.75) is 76.7 Å². The lowest BCUT2D eigenvalue weighted by atomic mass is 9.80. The first kappa shape index (κ1) is 49.1. The highest BCUT2D eigenvalue weighted by atomic mass is 35.5. The van der Waals surface area contributed by atoms with Gasteiger partial charge in [0.15, 0.2) is 0 Å². The highest BCUT2D eigenvalue weighted by Crippen LogP contribution is 2.35. The summed E-state index contributed by atoms with van der Waals surface area (Å²) in [6.45, 7) is 4.66. The number of aryl methyl sites for hydroxylation is 1. The molecule has 2 aliphatic rings. The van der Waals surface area contributed by atoms with Crippen molar-refractivity contribution in [3.8, 4) is 22.8 Å². The number of pyridine rings is 1. The molecule has 0 aliphatic carbocycles. The number of halogens is 2. The Balaban J connectivity index is 1.24. The minimum absolute atomic E-state index is 0.0814. The van der Waals surface area contributed by atoms with E-state index in [0.29, 0.717) is 65.2 Å². The normalized spacial score (nSPS) is 20.9. The zero-order chi connectivity index (χ0) is 48.0. The van der Waals surface area contributed by atoms with Gasteiger partial charge in [-0.3, -0.25) is 24.2 Å². The van der Waals surface area contributed by atoms with Gasteiger partial charge in [0.05, 0.1) is 43.0 Å². The summed E-state index contributed by atoms with van der Waals surface area (Å²) in [5, 5.41) is 3.94. The van der Waals surface area contributed by atoms with Gasteiger partial charge < -0.3 is 39.0 Å². The average Bonchev–Trinajstić information content (AvgIpc) is 3.66. The number of aromatic nitrogens is 3. The Bertz CT molecular complexity index is 2570. The van der Waals surface area contributed by atoms with E-state index in [2.05, 4.69) is 19.8 Å². The average molecular weight is 952 g/mol. The molecule has 2 saturated heterocycles. The van der Waals surface area contributed by atoms with Crippen LogP contribution in [0, 0.1) is 12.8 Å². The van der Waals surface area contributed by atoms with Gasteiger partial charge in [0.2, 0.25) is 23.6 Å². The first-order chi connectivity index (χ1) is 32.0. The summed E-state index contributed by atoms with van der Waals surface area (Å²) in [5.74, 6) is -0.599. The number of methoxy groups -OCH3 is 1. The fourth-order valence-corrected chi connectivity index (χ4v) is 9.49. The molecular formula is C51H60Cl2N8O6. The summed E-state index contributed by atoms with van der Waals surface area (Å²) in [6, 6.07) is 23.6. The molecule has 354 valence electrons. The fourth-order valence-electron chi connectivity index (χ4n) is 9.21. The largest absolute Gasteiger partial charge is 0.457 e. The summed E-state index contributed by atoms with van der Waals surface area (Å²) in [4.78, 5) is 75.8. The lowest BCUT2D eigenvalue weighted by Crippen LogP contribution is -2.65. The van der Waals surface area contributed by atoms with Gasteiger partial charge in [-0.15, -0.1) is 0 Å². The molecule has 2 aliphatic heterocycles. The Kier molecular flexibility index (Phi) is 15.7. The number of nitrogens with one attached hydrogen (secondary N) is 1. The molecule has 0 spiro atoms.